The van der Waals surface area contributed by atoms with Gasteiger partial charge in [0.05, 0.1) is 12.4 Å². The van der Waals surface area contributed by atoms with Crippen LogP contribution in [0.1, 0.15) is 39.8 Å². The van der Waals surface area contributed by atoms with Crippen LogP contribution in [0.3, 0.4) is 0 Å². The molecule has 2 N–H and O–H groups in total. The van der Waals surface area contributed by atoms with Crippen LogP contribution in [0.4, 0.5) is 18.0 Å². The molecule has 9 heteroatoms. The monoisotopic (exact) mass is 323 g/mol. The molecule has 1 heterocycles. The molecule has 0 saturated carbocycles. The number of aromatic nitrogens is 2. The highest BCUT2D eigenvalue weighted by Gasteiger charge is 2.32. The van der Waals surface area contributed by atoms with E-state index in [9.17, 15) is 23.1 Å². The molecule has 6 nitrogen and oxygen atoms in total. The fraction of sp³-hybridized carbons (Fsp3) is 0.692. The predicted octanol–water partition coefficient (Wildman–Crippen LogP) is 2.61. The summed E-state index contributed by atoms with van der Waals surface area (Å²) in [5.41, 5.74) is -0.793. The van der Waals surface area contributed by atoms with Gasteiger partial charge in [-0.3, -0.25) is 0 Å². The van der Waals surface area contributed by atoms with Crippen LogP contribution in [0.5, 0.6) is 0 Å². The van der Waals surface area contributed by atoms with E-state index in [1.165, 1.54) is 23.3 Å². The molecule has 2 unspecified atom stereocenters. The first-order valence-corrected chi connectivity index (χ1v) is 6.70. The molecule has 1 aromatic rings. The van der Waals surface area contributed by atoms with Crippen molar-refractivity contribution in [2.75, 3.05) is 0 Å². The van der Waals surface area contributed by atoms with Gasteiger partial charge in [-0.25, -0.2) is 9.78 Å². The van der Waals surface area contributed by atoms with Crippen LogP contribution in [0.15, 0.2) is 18.7 Å². The van der Waals surface area contributed by atoms with E-state index in [0.29, 0.717) is 0 Å². The number of halogens is 3. The lowest BCUT2D eigenvalue weighted by molar-refractivity contribution is -0.138. The van der Waals surface area contributed by atoms with E-state index in [1.807, 2.05) is 0 Å². The van der Waals surface area contributed by atoms with Gasteiger partial charge in [-0.1, -0.05) is 0 Å². The van der Waals surface area contributed by atoms with E-state index in [-0.39, 0.29) is 0 Å². The van der Waals surface area contributed by atoms with Crippen LogP contribution in [0, 0.1) is 0 Å². The summed E-state index contributed by atoms with van der Waals surface area (Å²) in [7, 11) is 0. The van der Waals surface area contributed by atoms with Gasteiger partial charge in [0.2, 0.25) is 0 Å². The summed E-state index contributed by atoms with van der Waals surface area (Å²) in [4.78, 5) is 15.4. The maximum absolute atomic E-state index is 12.4. The Morgan fingerprint density at radius 1 is 1.41 bits per heavy atom. The van der Waals surface area contributed by atoms with Crippen molar-refractivity contribution in [3.05, 3.63) is 18.7 Å². The van der Waals surface area contributed by atoms with Crippen LogP contribution >= 0.6 is 0 Å². The van der Waals surface area contributed by atoms with Gasteiger partial charge in [0.1, 0.15) is 5.60 Å². The Hall–Kier alpha value is -1.77. The molecule has 126 valence electrons. The third kappa shape index (κ3) is 6.79. The molecule has 22 heavy (non-hydrogen) atoms. The van der Waals surface area contributed by atoms with Crippen molar-refractivity contribution in [2.24, 2.45) is 0 Å². The number of ether oxygens (including phenoxy) is 1. The van der Waals surface area contributed by atoms with Gasteiger partial charge in [0, 0.05) is 18.8 Å². The van der Waals surface area contributed by atoms with Crippen LogP contribution in [0.25, 0.3) is 0 Å². The van der Waals surface area contributed by atoms with Crippen LogP contribution in [0.2, 0.25) is 0 Å². The second-order valence-electron chi connectivity index (χ2n) is 5.83. The summed E-state index contributed by atoms with van der Waals surface area (Å²) in [5, 5.41) is 12.4. The number of amides is 1. The van der Waals surface area contributed by atoms with Crippen molar-refractivity contribution < 1.29 is 27.8 Å². The zero-order valence-electron chi connectivity index (χ0n) is 12.6. The van der Waals surface area contributed by atoms with E-state index < -0.39 is 43.0 Å². The Bertz CT molecular complexity index is 469. The Morgan fingerprint density at radius 3 is 2.50 bits per heavy atom. The number of aliphatic hydroxyl groups is 1. The SMILES string of the molecule is CC(C)(C)OC(=O)NC(CCC(F)(F)F)C(O)n1ccnc1. The van der Waals surface area contributed by atoms with Crippen LogP contribution < -0.4 is 5.32 Å². The number of hydrogen-bond acceptors (Lipinski definition) is 4. The highest BCUT2D eigenvalue weighted by Crippen LogP contribution is 2.25. The molecule has 1 rings (SSSR count). The number of nitrogens with zero attached hydrogens (tertiary/aromatic N) is 2. The van der Waals surface area contributed by atoms with Crippen molar-refractivity contribution in [2.45, 2.75) is 57.7 Å². The van der Waals surface area contributed by atoms with Crippen LogP contribution in [-0.4, -0.2) is 38.6 Å². The van der Waals surface area contributed by atoms with Gasteiger partial charge < -0.3 is 19.7 Å². The molecular formula is C13H20F3N3O3. The number of alkyl carbamates (subject to hydrolysis) is 1. The average Bonchev–Trinajstić information content (AvgIpc) is 2.83. The summed E-state index contributed by atoms with van der Waals surface area (Å²) >= 11 is 0. The number of rotatable bonds is 5. The molecule has 0 aliphatic rings. The lowest BCUT2D eigenvalue weighted by Crippen LogP contribution is -2.44. The Labute approximate surface area is 126 Å². The van der Waals surface area contributed by atoms with Gasteiger partial charge in [-0.2, -0.15) is 13.2 Å². The van der Waals surface area contributed by atoms with Crippen molar-refractivity contribution >= 4 is 6.09 Å². The summed E-state index contributed by atoms with van der Waals surface area (Å²) < 4.78 is 43.4. The fourth-order valence-electron chi connectivity index (χ4n) is 1.71. The lowest BCUT2D eigenvalue weighted by Gasteiger charge is -2.27. The zero-order valence-corrected chi connectivity index (χ0v) is 12.6. The minimum Gasteiger partial charge on any atom is -0.444 e. The third-order valence-corrected chi connectivity index (χ3v) is 2.63. The molecule has 0 aromatic carbocycles. The number of hydrogen-bond donors (Lipinski definition) is 2. The first-order valence-electron chi connectivity index (χ1n) is 6.70. The van der Waals surface area contributed by atoms with E-state index in [0.717, 1.165) is 0 Å². The number of aliphatic hydroxyl groups excluding tert-OH is 1. The first-order chi connectivity index (χ1) is 9.98. The number of nitrogens with one attached hydrogen (secondary N) is 1. The average molecular weight is 323 g/mol. The molecule has 0 aliphatic heterocycles. The number of carbonyl (C=O) groups excluding carboxylic acids is 1. The minimum atomic E-state index is -4.39. The maximum atomic E-state index is 12.4. The second kappa shape index (κ2) is 6.99. The Kier molecular flexibility index (Phi) is 5.81. The van der Waals surface area contributed by atoms with Gasteiger partial charge in [0.15, 0.2) is 6.23 Å². The third-order valence-electron chi connectivity index (χ3n) is 2.63. The predicted molar refractivity (Wildman–Crippen MR) is 71.9 cm³/mol. The first kappa shape index (κ1) is 18.3. The molecule has 1 amide bonds. The summed E-state index contributed by atoms with van der Waals surface area (Å²) in [6.07, 6.45) is -4.26. The second-order valence-corrected chi connectivity index (χ2v) is 5.83. The normalized spacial score (nSPS) is 15.2. The van der Waals surface area contributed by atoms with E-state index in [2.05, 4.69) is 10.3 Å². The van der Waals surface area contributed by atoms with Crippen molar-refractivity contribution in [1.82, 2.24) is 14.9 Å². The van der Waals surface area contributed by atoms with E-state index in [4.69, 9.17) is 4.74 Å². The molecule has 0 aliphatic carbocycles. The zero-order chi connectivity index (χ0) is 17.0. The minimum absolute atomic E-state index is 0.484. The molecule has 0 fully saturated rings. The Morgan fingerprint density at radius 2 is 2.05 bits per heavy atom. The standard InChI is InChI=1S/C13H20F3N3O3/c1-12(2,3)22-11(21)18-9(4-5-13(14,15)16)10(20)19-7-6-17-8-19/h6-10,20H,4-5H2,1-3H3,(H,18,21). The highest BCUT2D eigenvalue weighted by molar-refractivity contribution is 5.68. The number of imidazole rings is 1. The van der Waals surface area contributed by atoms with Gasteiger partial charge >= 0.3 is 12.3 Å². The maximum Gasteiger partial charge on any atom is 0.408 e. The highest BCUT2D eigenvalue weighted by atomic mass is 19.4. The molecule has 1 aromatic heterocycles. The molecule has 0 bridgehead atoms. The summed E-state index contributed by atoms with van der Waals surface area (Å²) in [5.74, 6) is 0. The molecule has 2 atom stereocenters. The fourth-order valence-corrected chi connectivity index (χ4v) is 1.71. The van der Waals surface area contributed by atoms with Gasteiger partial charge in [-0.15, -0.1) is 0 Å². The molecule has 0 spiro atoms. The smallest absolute Gasteiger partial charge is 0.408 e. The van der Waals surface area contributed by atoms with Crippen molar-refractivity contribution in [1.29, 1.82) is 0 Å². The van der Waals surface area contributed by atoms with Gasteiger partial charge in [0.25, 0.3) is 0 Å². The number of carbonyl (C=O) groups is 1. The van der Waals surface area contributed by atoms with Gasteiger partial charge in [-0.05, 0) is 27.2 Å². The lowest BCUT2D eigenvalue weighted by atomic mass is 10.1. The quantitative estimate of drug-likeness (QED) is 0.873. The largest absolute Gasteiger partial charge is 0.444 e. The van der Waals surface area contributed by atoms with E-state index >= 15 is 0 Å². The van der Waals surface area contributed by atoms with E-state index in [1.54, 1.807) is 20.8 Å². The molecule has 0 radical (unpaired) electrons. The Balaban J connectivity index is 2.75. The summed E-state index contributed by atoms with van der Waals surface area (Å²) in [6, 6.07) is -1.16. The van der Waals surface area contributed by atoms with Crippen LogP contribution in [-0.2, 0) is 4.74 Å². The topological polar surface area (TPSA) is 76.4 Å². The number of alkyl halides is 3. The van der Waals surface area contributed by atoms with Crippen molar-refractivity contribution in [3.63, 3.8) is 0 Å². The molecule has 0 saturated heterocycles. The van der Waals surface area contributed by atoms with Crippen molar-refractivity contribution in [3.8, 4) is 0 Å². The molecular weight excluding hydrogens is 303 g/mol. The summed E-state index contributed by atoms with van der Waals surface area (Å²) in [6.45, 7) is 4.89.